The number of hydrogen-bond donors (Lipinski definition) is 2. The highest BCUT2D eigenvalue weighted by Crippen LogP contribution is 2.35. The Bertz CT molecular complexity index is 902. The Morgan fingerprint density at radius 1 is 1.15 bits per heavy atom. The minimum absolute atomic E-state index is 0.130. The molecule has 0 radical (unpaired) electrons. The van der Waals surface area contributed by atoms with E-state index in [1.807, 2.05) is 24.3 Å². The highest BCUT2D eigenvalue weighted by Gasteiger charge is 2.27. The molecule has 2 unspecified atom stereocenters. The van der Waals surface area contributed by atoms with Crippen molar-refractivity contribution in [3.05, 3.63) is 30.6 Å². The summed E-state index contributed by atoms with van der Waals surface area (Å²) >= 11 is 0. The number of H-pyrrole nitrogens is 1. The van der Waals surface area contributed by atoms with Crippen LogP contribution in [-0.4, -0.2) is 52.6 Å². The molecule has 1 fully saturated rings. The molecule has 2 aromatic heterocycles. The zero-order chi connectivity index (χ0) is 18.1. The number of para-hydroxylation sites is 1. The molecule has 1 aromatic carbocycles. The van der Waals surface area contributed by atoms with Crippen molar-refractivity contribution in [2.45, 2.75) is 26.1 Å². The first-order chi connectivity index (χ1) is 12.7. The molecule has 2 N–H and O–H groups in total. The predicted molar refractivity (Wildman–Crippen MR) is 100 cm³/mol. The zero-order valence-corrected chi connectivity index (χ0v) is 15.1. The van der Waals surface area contributed by atoms with Crippen LogP contribution in [0.15, 0.2) is 30.6 Å². The quantitative estimate of drug-likeness (QED) is 0.745. The summed E-state index contributed by atoms with van der Waals surface area (Å²) in [5.74, 6) is 2.64. The SMILES string of the molecule is COc1c(Nc2n[nH]c3ccccc23)ncnc1N1CC(C)OC(C)C1. The highest BCUT2D eigenvalue weighted by molar-refractivity contribution is 5.91. The predicted octanol–water partition coefficient (Wildman–Crippen LogP) is 2.72. The van der Waals surface area contributed by atoms with Crippen LogP contribution in [0.3, 0.4) is 0 Å². The molecule has 26 heavy (non-hydrogen) atoms. The standard InChI is InChI=1S/C18H22N6O2/c1-11-8-24(9-12(2)26-11)18-15(25-3)17(19-10-20-18)21-16-13-6-4-5-7-14(13)22-23-16/h4-7,10-12H,8-9H2,1-3H3,(H2,19,20,21,22,23). The number of aromatic nitrogens is 4. The van der Waals surface area contributed by atoms with Crippen LogP contribution in [0, 0.1) is 0 Å². The van der Waals surface area contributed by atoms with Crippen LogP contribution in [0.4, 0.5) is 17.5 Å². The van der Waals surface area contributed by atoms with Crippen LogP contribution in [0.25, 0.3) is 10.9 Å². The van der Waals surface area contributed by atoms with Gasteiger partial charge in [-0.2, -0.15) is 5.10 Å². The van der Waals surface area contributed by atoms with Crippen LogP contribution < -0.4 is 15.0 Å². The number of morpholine rings is 1. The van der Waals surface area contributed by atoms with Crippen molar-refractivity contribution in [3.63, 3.8) is 0 Å². The molecule has 0 spiro atoms. The lowest BCUT2D eigenvalue weighted by Gasteiger charge is -2.36. The highest BCUT2D eigenvalue weighted by atomic mass is 16.5. The Balaban J connectivity index is 1.69. The summed E-state index contributed by atoms with van der Waals surface area (Å²) < 4.78 is 11.5. The lowest BCUT2D eigenvalue weighted by molar-refractivity contribution is -0.00558. The normalized spacial score (nSPS) is 20.3. The number of anilines is 3. The van der Waals surface area contributed by atoms with Gasteiger partial charge in [0.25, 0.3) is 0 Å². The zero-order valence-electron chi connectivity index (χ0n) is 15.1. The Morgan fingerprint density at radius 2 is 1.92 bits per heavy atom. The van der Waals surface area contributed by atoms with Gasteiger partial charge >= 0.3 is 0 Å². The molecule has 4 rings (SSSR count). The summed E-state index contributed by atoms with van der Waals surface area (Å²) in [6.45, 7) is 5.63. The molecule has 8 nitrogen and oxygen atoms in total. The van der Waals surface area contributed by atoms with E-state index in [-0.39, 0.29) is 12.2 Å². The van der Waals surface area contributed by atoms with Crippen LogP contribution in [0.5, 0.6) is 5.75 Å². The number of aromatic amines is 1. The van der Waals surface area contributed by atoms with Crippen molar-refractivity contribution in [2.75, 3.05) is 30.4 Å². The van der Waals surface area contributed by atoms with Gasteiger partial charge in [-0.25, -0.2) is 9.97 Å². The van der Waals surface area contributed by atoms with E-state index in [1.165, 1.54) is 0 Å². The number of rotatable bonds is 4. The molecule has 8 heteroatoms. The minimum atomic E-state index is 0.130. The van der Waals surface area contributed by atoms with E-state index < -0.39 is 0 Å². The summed E-state index contributed by atoms with van der Waals surface area (Å²) in [4.78, 5) is 11.0. The van der Waals surface area contributed by atoms with Gasteiger partial charge in [0.1, 0.15) is 6.33 Å². The lowest BCUT2D eigenvalue weighted by atomic mass is 10.2. The fourth-order valence-corrected chi connectivity index (χ4v) is 3.39. The van der Waals surface area contributed by atoms with Crippen LogP contribution in [0.1, 0.15) is 13.8 Å². The third-order valence-corrected chi connectivity index (χ3v) is 4.42. The maximum atomic E-state index is 5.82. The van der Waals surface area contributed by atoms with Crippen LogP contribution in [-0.2, 0) is 4.74 Å². The number of nitrogens with one attached hydrogen (secondary N) is 2. The van der Waals surface area contributed by atoms with Crippen molar-refractivity contribution in [1.29, 1.82) is 0 Å². The molecule has 0 bridgehead atoms. The third-order valence-electron chi connectivity index (χ3n) is 4.42. The van der Waals surface area contributed by atoms with Crippen molar-refractivity contribution < 1.29 is 9.47 Å². The van der Waals surface area contributed by atoms with E-state index in [2.05, 4.69) is 44.2 Å². The molecule has 1 saturated heterocycles. The smallest absolute Gasteiger partial charge is 0.204 e. The minimum Gasteiger partial charge on any atom is -0.490 e. The molecule has 2 atom stereocenters. The maximum Gasteiger partial charge on any atom is 0.204 e. The van der Waals surface area contributed by atoms with Gasteiger partial charge in [-0.05, 0) is 26.0 Å². The molecular formula is C18H22N6O2. The van der Waals surface area contributed by atoms with Crippen LogP contribution in [0.2, 0.25) is 0 Å². The Kier molecular flexibility index (Phi) is 4.34. The Labute approximate surface area is 151 Å². The topological polar surface area (TPSA) is 88.2 Å². The Morgan fingerprint density at radius 3 is 2.69 bits per heavy atom. The monoisotopic (exact) mass is 354 g/mol. The van der Waals surface area contributed by atoms with Gasteiger partial charge in [0.15, 0.2) is 17.5 Å². The number of methoxy groups -OCH3 is 1. The summed E-state index contributed by atoms with van der Waals surface area (Å²) in [7, 11) is 1.63. The molecule has 0 saturated carbocycles. The summed E-state index contributed by atoms with van der Waals surface area (Å²) in [6.07, 6.45) is 1.80. The fraction of sp³-hybridized carbons (Fsp3) is 0.389. The van der Waals surface area contributed by atoms with Crippen molar-refractivity contribution >= 4 is 28.4 Å². The first kappa shape index (κ1) is 16.6. The van der Waals surface area contributed by atoms with E-state index in [0.29, 0.717) is 17.4 Å². The lowest BCUT2D eigenvalue weighted by Crippen LogP contribution is -2.46. The van der Waals surface area contributed by atoms with E-state index in [1.54, 1.807) is 13.4 Å². The molecule has 3 heterocycles. The van der Waals surface area contributed by atoms with Crippen molar-refractivity contribution in [1.82, 2.24) is 20.2 Å². The second kappa shape index (κ2) is 6.80. The second-order valence-electron chi connectivity index (χ2n) is 6.48. The summed E-state index contributed by atoms with van der Waals surface area (Å²) in [5.41, 5.74) is 0.957. The number of ether oxygens (including phenoxy) is 2. The van der Waals surface area contributed by atoms with Crippen molar-refractivity contribution in [2.24, 2.45) is 0 Å². The largest absolute Gasteiger partial charge is 0.490 e. The molecule has 1 aliphatic heterocycles. The van der Waals surface area contributed by atoms with E-state index >= 15 is 0 Å². The molecule has 1 aliphatic rings. The van der Waals surface area contributed by atoms with E-state index in [9.17, 15) is 0 Å². The Hall–Kier alpha value is -2.87. The number of hydrogen-bond acceptors (Lipinski definition) is 7. The van der Waals surface area contributed by atoms with Gasteiger partial charge < -0.3 is 19.7 Å². The van der Waals surface area contributed by atoms with E-state index in [4.69, 9.17) is 9.47 Å². The molecule has 136 valence electrons. The molecule has 3 aromatic rings. The molecular weight excluding hydrogens is 332 g/mol. The van der Waals surface area contributed by atoms with Gasteiger partial charge in [0, 0.05) is 18.5 Å². The average Bonchev–Trinajstić information content (AvgIpc) is 3.04. The van der Waals surface area contributed by atoms with Gasteiger partial charge in [0.2, 0.25) is 5.75 Å². The summed E-state index contributed by atoms with van der Waals surface area (Å²) in [5, 5.41) is 11.6. The first-order valence-electron chi connectivity index (χ1n) is 8.65. The second-order valence-corrected chi connectivity index (χ2v) is 6.48. The number of benzene rings is 1. The van der Waals surface area contributed by atoms with Crippen LogP contribution >= 0.6 is 0 Å². The molecule has 0 aliphatic carbocycles. The first-order valence-corrected chi connectivity index (χ1v) is 8.65. The third kappa shape index (κ3) is 3.03. The average molecular weight is 354 g/mol. The van der Waals surface area contributed by atoms with Crippen molar-refractivity contribution in [3.8, 4) is 5.75 Å². The molecule has 0 amide bonds. The summed E-state index contributed by atoms with van der Waals surface area (Å²) in [6, 6.07) is 7.92. The van der Waals surface area contributed by atoms with E-state index in [0.717, 1.165) is 29.8 Å². The maximum absolute atomic E-state index is 5.82. The fourth-order valence-electron chi connectivity index (χ4n) is 3.39. The van der Waals surface area contributed by atoms with Gasteiger partial charge in [0.05, 0.1) is 24.8 Å². The number of nitrogens with zero attached hydrogens (tertiary/aromatic N) is 4. The van der Waals surface area contributed by atoms with Gasteiger partial charge in [-0.15, -0.1) is 0 Å². The van der Waals surface area contributed by atoms with Gasteiger partial charge in [-0.3, -0.25) is 5.10 Å². The van der Waals surface area contributed by atoms with Gasteiger partial charge in [-0.1, -0.05) is 12.1 Å². The number of fused-ring (bicyclic) bond motifs is 1.